The van der Waals surface area contributed by atoms with E-state index in [0.29, 0.717) is 27.1 Å². The lowest BCUT2D eigenvalue weighted by Gasteiger charge is -2.15. The van der Waals surface area contributed by atoms with E-state index in [2.05, 4.69) is 0 Å². The van der Waals surface area contributed by atoms with Crippen LogP contribution in [0.1, 0.15) is 17.2 Å². The maximum absolute atomic E-state index is 10.2. The van der Waals surface area contributed by atoms with Crippen molar-refractivity contribution in [2.24, 2.45) is 0 Å². The van der Waals surface area contributed by atoms with Crippen molar-refractivity contribution in [1.29, 1.82) is 0 Å². The number of rotatable bonds is 3. The predicted octanol–water partition coefficient (Wildman–Crippen LogP) is 4.92. The summed E-state index contributed by atoms with van der Waals surface area (Å²) < 4.78 is 0. The molecule has 1 unspecified atom stereocenters. The van der Waals surface area contributed by atoms with Crippen LogP contribution in [0.25, 0.3) is 0 Å². The van der Waals surface area contributed by atoms with Crippen LogP contribution in [-0.4, -0.2) is 5.11 Å². The second-order valence-corrected chi connectivity index (χ2v) is 5.17. The summed E-state index contributed by atoms with van der Waals surface area (Å²) in [5, 5.41) is 11.8. The van der Waals surface area contributed by atoms with Crippen molar-refractivity contribution in [3.63, 3.8) is 0 Å². The number of hydrogen-bond acceptors (Lipinski definition) is 1. The number of aliphatic hydroxyl groups excluding tert-OH is 1. The summed E-state index contributed by atoms with van der Waals surface area (Å²) in [6.07, 6.45) is -0.394. The minimum Gasteiger partial charge on any atom is -0.388 e. The van der Waals surface area contributed by atoms with E-state index in [1.54, 1.807) is 24.3 Å². The Bertz CT molecular complexity index is 534. The Morgan fingerprint density at radius 1 is 0.833 bits per heavy atom. The fourth-order valence-electron chi connectivity index (χ4n) is 1.80. The Labute approximate surface area is 121 Å². The average molecular weight is 302 g/mol. The van der Waals surface area contributed by atoms with Crippen LogP contribution in [0, 0.1) is 0 Å². The van der Waals surface area contributed by atoms with Gasteiger partial charge in [-0.3, -0.25) is 0 Å². The maximum atomic E-state index is 10.2. The van der Waals surface area contributed by atoms with Crippen LogP contribution in [0.15, 0.2) is 42.5 Å². The van der Waals surface area contributed by atoms with Gasteiger partial charge in [0.15, 0.2) is 0 Å². The van der Waals surface area contributed by atoms with Gasteiger partial charge in [-0.2, -0.15) is 0 Å². The van der Waals surface area contributed by atoms with E-state index < -0.39 is 6.10 Å². The van der Waals surface area contributed by atoms with Crippen LogP contribution in [0.2, 0.25) is 15.1 Å². The molecule has 1 nitrogen and oxygen atoms in total. The molecule has 0 saturated heterocycles. The van der Waals surface area contributed by atoms with Crippen LogP contribution in [0.5, 0.6) is 0 Å². The lowest BCUT2D eigenvalue weighted by molar-refractivity contribution is 0.178. The molecule has 1 atom stereocenters. The van der Waals surface area contributed by atoms with Gasteiger partial charge in [-0.1, -0.05) is 59.1 Å². The number of hydrogen-bond donors (Lipinski definition) is 1. The fraction of sp³-hybridized carbons (Fsp3) is 0.143. The normalized spacial score (nSPS) is 12.4. The first-order valence-electron chi connectivity index (χ1n) is 5.45. The summed E-state index contributed by atoms with van der Waals surface area (Å²) in [5.74, 6) is 0. The molecule has 0 bridgehead atoms. The molecule has 0 aliphatic rings. The van der Waals surface area contributed by atoms with Gasteiger partial charge in [0.1, 0.15) is 0 Å². The number of halogens is 3. The third-order valence-electron chi connectivity index (χ3n) is 2.70. The molecule has 0 fully saturated rings. The molecule has 0 radical (unpaired) electrons. The summed E-state index contributed by atoms with van der Waals surface area (Å²) >= 11 is 18.2. The Hall–Kier alpha value is -0.730. The van der Waals surface area contributed by atoms with E-state index in [1.165, 1.54) is 0 Å². The Morgan fingerprint density at radius 3 is 2.00 bits per heavy atom. The third kappa shape index (κ3) is 2.99. The van der Waals surface area contributed by atoms with Crippen molar-refractivity contribution in [2.45, 2.75) is 12.5 Å². The first-order valence-corrected chi connectivity index (χ1v) is 6.58. The zero-order valence-corrected chi connectivity index (χ0v) is 11.7. The smallest absolute Gasteiger partial charge is 0.0859 e. The molecule has 0 spiro atoms. The van der Waals surface area contributed by atoms with Crippen LogP contribution >= 0.6 is 34.8 Å². The van der Waals surface area contributed by atoms with E-state index in [-0.39, 0.29) is 0 Å². The SMILES string of the molecule is OC(Cc1ccccc1Cl)c1c(Cl)cccc1Cl. The second-order valence-electron chi connectivity index (χ2n) is 3.95. The molecule has 0 heterocycles. The summed E-state index contributed by atoms with van der Waals surface area (Å²) in [6.45, 7) is 0. The molecule has 2 rings (SSSR count). The highest BCUT2D eigenvalue weighted by atomic mass is 35.5. The second kappa shape index (κ2) is 5.94. The highest BCUT2D eigenvalue weighted by Crippen LogP contribution is 2.33. The van der Waals surface area contributed by atoms with Gasteiger partial charge in [0.05, 0.1) is 6.10 Å². The lowest BCUT2D eigenvalue weighted by atomic mass is 10.0. The van der Waals surface area contributed by atoms with Crippen LogP contribution in [-0.2, 0) is 6.42 Å². The Balaban J connectivity index is 2.28. The van der Waals surface area contributed by atoms with Gasteiger partial charge in [0.2, 0.25) is 0 Å². The maximum Gasteiger partial charge on any atom is 0.0859 e. The zero-order chi connectivity index (χ0) is 13.1. The molecule has 94 valence electrons. The van der Waals surface area contributed by atoms with Gasteiger partial charge in [0.25, 0.3) is 0 Å². The number of benzene rings is 2. The fourth-order valence-corrected chi connectivity index (χ4v) is 2.67. The molecule has 0 aromatic heterocycles. The molecular weight excluding hydrogens is 291 g/mol. The average Bonchev–Trinajstić information content (AvgIpc) is 2.32. The largest absolute Gasteiger partial charge is 0.388 e. The number of aliphatic hydroxyl groups is 1. The predicted molar refractivity (Wildman–Crippen MR) is 76.6 cm³/mol. The molecule has 18 heavy (non-hydrogen) atoms. The van der Waals surface area contributed by atoms with Gasteiger partial charge in [-0.15, -0.1) is 0 Å². The minimum absolute atomic E-state index is 0.378. The minimum atomic E-state index is -0.772. The summed E-state index contributed by atoms with van der Waals surface area (Å²) in [4.78, 5) is 0. The topological polar surface area (TPSA) is 20.2 Å². The van der Waals surface area contributed by atoms with Gasteiger partial charge >= 0.3 is 0 Å². The Morgan fingerprint density at radius 2 is 1.39 bits per heavy atom. The first-order chi connectivity index (χ1) is 8.59. The zero-order valence-electron chi connectivity index (χ0n) is 9.41. The lowest BCUT2D eigenvalue weighted by Crippen LogP contribution is -2.04. The summed E-state index contributed by atoms with van der Waals surface area (Å²) in [7, 11) is 0. The van der Waals surface area contributed by atoms with Crippen LogP contribution < -0.4 is 0 Å². The molecule has 0 amide bonds. The van der Waals surface area contributed by atoms with Gasteiger partial charge in [0, 0.05) is 27.1 Å². The molecule has 1 N–H and O–H groups in total. The molecule has 0 aliphatic heterocycles. The molecular formula is C14H11Cl3O. The molecule has 2 aromatic rings. The molecule has 0 aliphatic carbocycles. The third-order valence-corrected chi connectivity index (χ3v) is 3.73. The van der Waals surface area contributed by atoms with E-state index >= 15 is 0 Å². The van der Waals surface area contributed by atoms with Crippen molar-refractivity contribution in [1.82, 2.24) is 0 Å². The molecule has 0 saturated carbocycles. The van der Waals surface area contributed by atoms with Crippen molar-refractivity contribution < 1.29 is 5.11 Å². The quantitative estimate of drug-likeness (QED) is 0.853. The van der Waals surface area contributed by atoms with E-state index in [4.69, 9.17) is 34.8 Å². The van der Waals surface area contributed by atoms with Gasteiger partial charge in [-0.25, -0.2) is 0 Å². The van der Waals surface area contributed by atoms with Gasteiger partial charge in [-0.05, 0) is 23.8 Å². The van der Waals surface area contributed by atoms with Crippen LogP contribution in [0.4, 0.5) is 0 Å². The van der Waals surface area contributed by atoms with E-state index in [0.717, 1.165) is 5.56 Å². The standard InChI is InChI=1S/C14H11Cl3O/c15-10-5-2-1-4-9(10)8-13(18)14-11(16)6-3-7-12(14)17/h1-7,13,18H,8H2. The first kappa shape index (κ1) is 13.7. The monoisotopic (exact) mass is 300 g/mol. The van der Waals surface area contributed by atoms with Crippen molar-refractivity contribution >= 4 is 34.8 Å². The van der Waals surface area contributed by atoms with Crippen molar-refractivity contribution in [2.75, 3.05) is 0 Å². The van der Waals surface area contributed by atoms with Crippen LogP contribution in [0.3, 0.4) is 0 Å². The van der Waals surface area contributed by atoms with Crippen molar-refractivity contribution in [3.05, 3.63) is 68.7 Å². The van der Waals surface area contributed by atoms with E-state index in [1.807, 2.05) is 18.2 Å². The highest BCUT2D eigenvalue weighted by Gasteiger charge is 2.16. The van der Waals surface area contributed by atoms with Gasteiger partial charge < -0.3 is 5.11 Å². The van der Waals surface area contributed by atoms with E-state index in [9.17, 15) is 5.11 Å². The molecule has 2 aromatic carbocycles. The summed E-state index contributed by atoms with van der Waals surface area (Å²) in [5.41, 5.74) is 1.41. The molecule has 4 heteroatoms. The van der Waals surface area contributed by atoms with Crippen molar-refractivity contribution in [3.8, 4) is 0 Å². The summed E-state index contributed by atoms with van der Waals surface area (Å²) in [6, 6.07) is 12.5. The Kier molecular flexibility index (Phi) is 4.52. The highest BCUT2D eigenvalue weighted by molar-refractivity contribution is 6.36.